The first kappa shape index (κ1) is 17.2. The van der Waals surface area contributed by atoms with E-state index in [0.717, 1.165) is 24.4 Å². The number of nitrogens with zero attached hydrogens (tertiary/aromatic N) is 2. The van der Waals surface area contributed by atoms with Crippen LogP contribution in [-0.2, 0) is 17.9 Å². The first-order valence-corrected chi connectivity index (χ1v) is 8.32. The molecule has 1 aliphatic rings. The van der Waals surface area contributed by atoms with Gasteiger partial charge in [-0.3, -0.25) is 9.69 Å². The van der Waals surface area contributed by atoms with Gasteiger partial charge in [0, 0.05) is 13.1 Å². The topological polar surface area (TPSA) is 53.9 Å². The Balaban J connectivity index is 1.50. The highest BCUT2D eigenvalue weighted by molar-refractivity contribution is 5.83. The van der Waals surface area contributed by atoms with E-state index in [1.807, 2.05) is 24.3 Å². The van der Waals surface area contributed by atoms with Gasteiger partial charge in [0.2, 0.25) is 0 Å². The van der Waals surface area contributed by atoms with Crippen molar-refractivity contribution in [2.24, 2.45) is 5.10 Å². The Hall–Kier alpha value is -2.66. The number of hydrogen-bond donors (Lipinski definition) is 1. The summed E-state index contributed by atoms with van der Waals surface area (Å²) in [4.78, 5) is 14.2. The quantitative estimate of drug-likeness (QED) is 0.674. The average Bonchev–Trinajstić information content (AvgIpc) is 2.96. The molecule has 3 rings (SSSR count). The number of aryl methyl sites for hydroxylation is 2. The van der Waals surface area contributed by atoms with Gasteiger partial charge in [-0.05, 0) is 65.9 Å². The zero-order valence-corrected chi connectivity index (χ0v) is 14.9. The molecule has 0 radical (unpaired) electrons. The van der Waals surface area contributed by atoms with Gasteiger partial charge in [0.15, 0.2) is 0 Å². The Labute approximate surface area is 148 Å². The van der Waals surface area contributed by atoms with E-state index < -0.39 is 0 Å². The van der Waals surface area contributed by atoms with E-state index in [0.29, 0.717) is 6.54 Å². The fourth-order valence-corrected chi connectivity index (χ4v) is 2.99. The summed E-state index contributed by atoms with van der Waals surface area (Å²) in [6.07, 6.45) is 1.63. The van der Waals surface area contributed by atoms with Crippen LogP contribution in [0.4, 0.5) is 0 Å². The standard InChI is InChI=1S/C20H23N3O2/c1-14-8-17-11-23(12-18(17)9-15(14)2)13-20(24)22-21-10-16-4-6-19(25-3)7-5-16/h4-10H,11-13H2,1-3H3,(H,22,24)/b21-10-. The number of carbonyl (C=O) groups is 1. The molecule has 0 aliphatic carbocycles. The van der Waals surface area contributed by atoms with E-state index in [-0.39, 0.29) is 5.91 Å². The zero-order valence-electron chi connectivity index (χ0n) is 14.9. The zero-order chi connectivity index (χ0) is 17.8. The number of ether oxygens (including phenoxy) is 1. The monoisotopic (exact) mass is 337 g/mol. The molecule has 1 aliphatic heterocycles. The molecule has 0 saturated carbocycles. The largest absolute Gasteiger partial charge is 0.497 e. The molecule has 2 aromatic rings. The number of carbonyl (C=O) groups excluding carboxylic acids is 1. The smallest absolute Gasteiger partial charge is 0.254 e. The number of methoxy groups -OCH3 is 1. The highest BCUT2D eigenvalue weighted by atomic mass is 16.5. The molecular formula is C20H23N3O2. The van der Waals surface area contributed by atoms with Gasteiger partial charge in [-0.25, -0.2) is 5.43 Å². The fraction of sp³-hybridized carbons (Fsp3) is 0.300. The summed E-state index contributed by atoms with van der Waals surface area (Å²) in [6.45, 7) is 6.21. The van der Waals surface area contributed by atoms with Crippen LogP contribution in [-0.4, -0.2) is 30.7 Å². The summed E-state index contributed by atoms with van der Waals surface area (Å²) in [5.74, 6) is 0.686. The number of hydrogen-bond acceptors (Lipinski definition) is 4. The summed E-state index contributed by atoms with van der Waals surface area (Å²) in [6, 6.07) is 11.9. The van der Waals surface area contributed by atoms with Crippen molar-refractivity contribution in [2.75, 3.05) is 13.7 Å². The Morgan fingerprint density at radius 1 is 1.16 bits per heavy atom. The molecule has 0 atom stereocenters. The highest BCUT2D eigenvalue weighted by Gasteiger charge is 2.21. The summed E-state index contributed by atoms with van der Waals surface area (Å²) in [7, 11) is 1.63. The lowest BCUT2D eigenvalue weighted by atomic mass is 10.0. The molecule has 0 fully saturated rings. The van der Waals surface area contributed by atoms with E-state index in [1.54, 1.807) is 13.3 Å². The van der Waals surface area contributed by atoms with Crippen molar-refractivity contribution in [2.45, 2.75) is 26.9 Å². The molecule has 1 heterocycles. The third-order valence-electron chi connectivity index (χ3n) is 4.49. The van der Waals surface area contributed by atoms with Crippen LogP contribution >= 0.6 is 0 Å². The summed E-state index contributed by atoms with van der Waals surface area (Å²) in [5.41, 5.74) is 8.73. The van der Waals surface area contributed by atoms with Crippen LogP contribution in [0.15, 0.2) is 41.5 Å². The van der Waals surface area contributed by atoms with Crippen LogP contribution in [0.3, 0.4) is 0 Å². The normalized spacial score (nSPS) is 13.9. The van der Waals surface area contributed by atoms with E-state index in [4.69, 9.17) is 4.74 Å². The highest BCUT2D eigenvalue weighted by Crippen LogP contribution is 2.25. The second kappa shape index (κ2) is 7.49. The minimum atomic E-state index is -0.106. The number of hydrazone groups is 1. The van der Waals surface area contributed by atoms with Crippen molar-refractivity contribution in [3.8, 4) is 5.75 Å². The Morgan fingerprint density at radius 2 is 1.76 bits per heavy atom. The Kier molecular flexibility index (Phi) is 5.14. The SMILES string of the molecule is COc1ccc(/C=N\NC(=O)CN2Cc3cc(C)c(C)cc3C2)cc1. The van der Waals surface area contributed by atoms with Gasteiger partial charge in [0.1, 0.15) is 5.75 Å². The molecule has 1 amide bonds. The van der Waals surface area contributed by atoms with Gasteiger partial charge in [-0.2, -0.15) is 5.10 Å². The van der Waals surface area contributed by atoms with Crippen molar-refractivity contribution in [1.82, 2.24) is 10.3 Å². The molecule has 0 unspecified atom stereocenters. The van der Waals surface area contributed by atoms with Gasteiger partial charge in [-0.15, -0.1) is 0 Å². The lowest BCUT2D eigenvalue weighted by molar-refractivity contribution is -0.122. The van der Waals surface area contributed by atoms with Gasteiger partial charge in [-0.1, -0.05) is 12.1 Å². The van der Waals surface area contributed by atoms with Gasteiger partial charge in [0.05, 0.1) is 19.9 Å². The lowest BCUT2D eigenvalue weighted by Crippen LogP contribution is -2.32. The van der Waals surface area contributed by atoms with Crippen LogP contribution in [0, 0.1) is 13.8 Å². The van der Waals surface area contributed by atoms with E-state index in [2.05, 4.69) is 41.4 Å². The van der Waals surface area contributed by atoms with Gasteiger partial charge < -0.3 is 4.74 Å². The third-order valence-corrected chi connectivity index (χ3v) is 4.49. The van der Waals surface area contributed by atoms with Crippen molar-refractivity contribution in [3.05, 3.63) is 64.2 Å². The average molecular weight is 337 g/mol. The maximum atomic E-state index is 12.1. The maximum absolute atomic E-state index is 12.1. The van der Waals surface area contributed by atoms with Gasteiger partial charge >= 0.3 is 0 Å². The molecule has 25 heavy (non-hydrogen) atoms. The first-order valence-electron chi connectivity index (χ1n) is 8.32. The molecule has 0 bridgehead atoms. The maximum Gasteiger partial charge on any atom is 0.254 e. The first-order chi connectivity index (χ1) is 12.0. The van der Waals surface area contributed by atoms with Crippen LogP contribution in [0.25, 0.3) is 0 Å². The second-order valence-corrected chi connectivity index (χ2v) is 6.42. The lowest BCUT2D eigenvalue weighted by Gasteiger charge is -2.12. The van der Waals surface area contributed by atoms with Crippen LogP contribution in [0.1, 0.15) is 27.8 Å². The Morgan fingerprint density at radius 3 is 2.32 bits per heavy atom. The molecule has 0 spiro atoms. The number of fused-ring (bicyclic) bond motifs is 1. The molecular weight excluding hydrogens is 314 g/mol. The van der Waals surface area contributed by atoms with Crippen molar-refractivity contribution < 1.29 is 9.53 Å². The van der Waals surface area contributed by atoms with Crippen molar-refractivity contribution >= 4 is 12.1 Å². The van der Waals surface area contributed by atoms with E-state index >= 15 is 0 Å². The van der Waals surface area contributed by atoms with E-state index in [1.165, 1.54) is 22.3 Å². The summed E-state index contributed by atoms with van der Waals surface area (Å²) in [5, 5.41) is 4.02. The molecule has 130 valence electrons. The van der Waals surface area contributed by atoms with Crippen molar-refractivity contribution in [3.63, 3.8) is 0 Å². The van der Waals surface area contributed by atoms with Crippen LogP contribution in [0.2, 0.25) is 0 Å². The van der Waals surface area contributed by atoms with Gasteiger partial charge in [0.25, 0.3) is 5.91 Å². The molecule has 1 N–H and O–H groups in total. The molecule has 5 nitrogen and oxygen atoms in total. The minimum Gasteiger partial charge on any atom is -0.497 e. The third kappa shape index (κ3) is 4.25. The predicted molar refractivity (Wildman–Crippen MR) is 98.8 cm³/mol. The number of rotatable bonds is 5. The van der Waals surface area contributed by atoms with E-state index in [9.17, 15) is 4.79 Å². The molecule has 2 aromatic carbocycles. The minimum absolute atomic E-state index is 0.106. The van der Waals surface area contributed by atoms with Crippen LogP contribution < -0.4 is 10.2 Å². The number of amides is 1. The summed E-state index contributed by atoms with van der Waals surface area (Å²) >= 11 is 0. The summed E-state index contributed by atoms with van der Waals surface area (Å²) < 4.78 is 5.11. The Bertz CT molecular complexity index is 766. The van der Waals surface area contributed by atoms with Crippen molar-refractivity contribution in [1.29, 1.82) is 0 Å². The fourth-order valence-electron chi connectivity index (χ4n) is 2.99. The van der Waals surface area contributed by atoms with Crippen LogP contribution in [0.5, 0.6) is 5.75 Å². The predicted octanol–water partition coefficient (Wildman–Crippen LogP) is 2.78. The molecule has 5 heteroatoms. The second-order valence-electron chi connectivity index (χ2n) is 6.42. The molecule has 0 saturated heterocycles. The number of benzene rings is 2. The number of nitrogens with one attached hydrogen (secondary N) is 1. The molecule has 0 aromatic heterocycles.